The minimum atomic E-state index is -0.222. The Balaban J connectivity index is 1.46. The summed E-state index contributed by atoms with van der Waals surface area (Å²) in [6, 6.07) is 20.1. The third-order valence-corrected chi connectivity index (χ3v) is 8.58. The van der Waals surface area contributed by atoms with Gasteiger partial charge in [-0.25, -0.2) is 4.79 Å². The van der Waals surface area contributed by atoms with Crippen molar-refractivity contribution in [2.24, 2.45) is 0 Å². The number of nitrogens with zero attached hydrogens (tertiary/aromatic N) is 2. The van der Waals surface area contributed by atoms with Crippen LogP contribution in [0.4, 0.5) is 10.5 Å². The zero-order valence-corrected chi connectivity index (χ0v) is 21.6. The Morgan fingerprint density at radius 1 is 1.03 bits per heavy atom. The van der Waals surface area contributed by atoms with Crippen molar-refractivity contribution in [1.29, 1.82) is 0 Å². The summed E-state index contributed by atoms with van der Waals surface area (Å²) in [5.74, 6) is 0.842. The monoisotopic (exact) mass is 497 g/mol. The number of rotatable bonds is 4. The molecule has 0 saturated carbocycles. The van der Waals surface area contributed by atoms with Crippen molar-refractivity contribution in [3.63, 3.8) is 0 Å². The van der Waals surface area contributed by atoms with Gasteiger partial charge in [0.05, 0.1) is 24.9 Å². The molecule has 184 valence electrons. The maximum Gasteiger partial charge on any atom is 0.322 e. The Labute approximate surface area is 216 Å². The van der Waals surface area contributed by atoms with E-state index in [-0.39, 0.29) is 12.1 Å². The summed E-state index contributed by atoms with van der Waals surface area (Å²) in [7, 11) is 0. The first-order valence-electron chi connectivity index (χ1n) is 12.8. The van der Waals surface area contributed by atoms with Crippen LogP contribution < -0.4 is 10.1 Å². The molecular formula is C30H31N3O2S. The van der Waals surface area contributed by atoms with Crippen LogP contribution >= 0.6 is 11.3 Å². The lowest BCUT2D eigenvalue weighted by molar-refractivity contribution is 0.194. The molecule has 0 spiro atoms. The summed E-state index contributed by atoms with van der Waals surface area (Å²) >= 11 is 1.91. The minimum absolute atomic E-state index is 0.0888. The summed E-state index contributed by atoms with van der Waals surface area (Å²) < 4.78 is 8.01. The fraction of sp³-hybridized carbons (Fsp3) is 0.300. The highest BCUT2D eigenvalue weighted by atomic mass is 32.1. The molecule has 5 nitrogen and oxygen atoms in total. The minimum Gasteiger partial charge on any atom is -0.494 e. The molecule has 1 aliphatic carbocycles. The first kappa shape index (κ1) is 22.9. The standard InChI is InChI=1S/C30H31N3O2S/c1-3-35-23-16-12-21(13-17-23)28-26-8-6-18-32(26)29-25(24-7-4-5-9-27(24)36-29)19-33(28)30(34)31-22-14-10-20(2)11-15-22/h6,8,10-18,28H,3-5,7,9,19H2,1-2H3,(H,31,34)/t28-/m0/s1. The lowest BCUT2D eigenvalue weighted by Gasteiger charge is -2.31. The quantitative estimate of drug-likeness (QED) is 0.322. The molecule has 1 N–H and O–H groups in total. The smallest absolute Gasteiger partial charge is 0.322 e. The predicted octanol–water partition coefficient (Wildman–Crippen LogP) is 7.26. The average Bonchev–Trinajstić information content (AvgIpc) is 3.48. The molecular weight excluding hydrogens is 466 g/mol. The summed E-state index contributed by atoms with van der Waals surface area (Å²) in [5, 5.41) is 4.45. The highest BCUT2D eigenvalue weighted by Crippen LogP contribution is 2.44. The van der Waals surface area contributed by atoms with Gasteiger partial charge in [-0.3, -0.25) is 0 Å². The molecule has 36 heavy (non-hydrogen) atoms. The van der Waals surface area contributed by atoms with Gasteiger partial charge >= 0.3 is 6.03 Å². The Kier molecular flexibility index (Phi) is 6.05. The number of thiophene rings is 1. The number of aromatic nitrogens is 1. The second-order valence-electron chi connectivity index (χ2n) is 9.63. The van der Waals surface area contributed by atoms with E-state index < -0.39 is 0 Å². The molecule has 2 aliphatic rings. The first-order chi connectivity index (χ1) is 17.6. The fourth-order valence-corrected chi connectivity index (χ4v) is 6.89. The molecule has 2 amide bonds. The maximum atomic E-state index is 14.0. The molecule has 6 rings (SSSR count). The Morgan fingerprint density at radius 3 is 2.58 bits per heavy atom. The van der Waals surface area contributed by atoms with Gasteiger partial charge in [0.25, 0.3) is 0 Å². The molecule has 0 unspecified atom stereocenters. The van der Waals surface area contributed by atoms with E-state index in [9.17, 15) is 4.79 Å². The molecule has 2 aromatic heterocycles. The summed E-state index contributed by atoms with van der Waals surface area (Å²) in [6.45, 7) is 5.25. The van der Waals surface area contributed by atoms with Gasteiger partial charge in [0.1, 0.15) is 10.8 Å². The van der Waals surface area contributed by atoms with E-state index in [1.165, 1.54) is 39.4 Å². The van der Waals surface area contributed by atoms with Crippen LogP contribution in [-0.2, 0) is 19.4 Å². The number of fused-ring (bicyclic) bond motifs is 5. The SMILES string of the molecule is CCOc1ccc([C@H]2c3cccn3-c3sc4c(c3CN2C(=O)Nc2ccc(C)cc2)CCCC4)cc1. The van der Waals surface area contributed by atoms with Gasteiger partial charge in [-0.2, -0.15) is 0 Å². The maximum absolute atomic E-state index is 14.0. The van der Waals surface area contributed by atoms with Gasteiger partial charge in [0.15, 0.2) is 0 Å². The van der Waals surface area contributed by atoms with Crippen LogP contribution in [0.2, 0.25) is 0 Å². The van der Waals surface area contributed by atoms with E-state index in [2.05, 4.69) is 47.3 Å². The van der Waals surface area contributed by atoms with Crippen LogP contribution in [-0.4, -0.2) is 22.1 Å². The molecule has 0 fully saturated rings. The number of carbonyl (C=O) groups excluding carboxylic acids is 1. The van der Waals surface area contributed by atoms with Crippen molar-refractivity contribution in [2.45, 2.75) is 52.1 Å². The van der Waals surface area contributed by atoms with Crippen LogP contribution in [0.1, 0.15) is 58.6 Å². The molecule has 4 aromatic rings. The number of benzene rings is 2. The van der Waals surface area contributed by atoms with Crippen LogP contribution in [0.15, 0.2) is 66.9 Å². The van der Waals surface area contributed by atoms with Crippen LogP contribution in [0.3, 0.4) is 0 Å². The van der Waals surface area contributed by atoms with Gasteiger partial charge in [0, 0.05) is 22.3 Å². The van der Waals surface area contributed by atoms with Crippen molar-refractivity contribution < 1.29 is 9.53 Å². The number of urea groups is 1. The zero-order valence-electron chi connectivity index (χ0n) is 20.8. The number of carbonyl (C=O) groups is 1. The summed E-state index contributed by atoms with van der Waals surface area (Å²) in [5.41, 5.74) is 6.92. The highest BCUT2D eigenvalue weighted by molar-refractivity contribution is 7.15. The van der Waals surface area contributed by atoms with Crippen LogP contribution in [0.25, 0.3) is 5.00 Å². The first-order valence-corrected chi connectivity index (χ1v) is 13.6. The second kappa shape index (κ2) is 9.51. The van der Waals surface area contributed by atoms with Gasteiger partial charge in [-0.05, 0) is 87.1 Å². The Hall–Kier alpha value is -3.51. The van der Waals surface area contributed by atoms with Gasteiger partial charge in [0.2, 0.25) is 0 Å². The summed E-state index contributed by atoms with van der Waals surface area (Å²) in [4.78, 5) is 17.5. The van der Waals surface area contributed by atoms with Crippen LogP contribution in [0, 0.1) is 6.92 Å². The summed E-state index contributed by atoms with van der Waals surface area (Å²) in [6.07, 6.45) is 6.85. The highest BCUT2D eigenvalue weighted by Gasteiger charge is 2.36. The van der Waals surface area contributed by atoms with E-state index in [0.29, 0.717) is 13.2 Å². The third kappa shape index (κ3) is 4.09. The van der Waals surface area contributed by atoms with Crippen molar-refractivity contribution in [3.05, 3.63) is 99.7 Å². The molecule has 0 saturated heterocycles. The number of nitrogens with one attached hydrogen (secondary N) is 1. The number of hydrogen-bond acceptors (Lipinski definition) is 3. The molecule has 1 aliphatic heterocycles. The third-order valence-electron chi connectivity index (χ3n) is 7.25. The number of hydrogen-bond donors (Lipinski definition) is 1. The number of aryl methyl sites for hydroxylation is 2. The van der Waals surface area contributed by atoms with Crippen LogP contribution in [0.5, 0.6) is 5.75 Å². The fourth-order valence-electron chi connectivity index (χ4n) is 5.48. The van der Waals surface area contributed by atoms with Crippen molar-refractivity contribution in [3.8, 4) is 10.8 Å². The van der Waals surface area contributed by atoms with E-state index in [1.54, 1.807) is 0 Å². The normalized spacial score (nSPS) is 16.5. The second-order valence-corrected chi connectivity index (χ2v) is 10.7. The van der Waals surface area contributed by atoms with E-state index in [1.807, 2.05) is 59.6 Å². The van der Waals surface area contributed by atoms with Crippen molar-refractivity contribution >= 4 is 23.1 Å². The number of ether oxygens (including phenoxy) is 1. The van der Waals surface area contributed by atoms with Crippen molar-refractivity contribution in [1.82, 2.24) is 9.47 Å². The Bertz CT molecular complexity index is 1380. The number of amides is 2. The van der Waals surface area contributed by atoms with Gasteiger partial charge in [-0.15, -0.1) is 11.3 Å². The van der Waals surface area contributed by atoms with Crippen molar-refractivity contribution in [2.75, 3.05) is 11.9 Å². The topological polar surface area (TPSA) is 46.5 Å². The molecule has 0 bridgehead atoms. The van der Waals surface area contributed by atoms with E-state index in [4.69, 9.17) is 4.74 Å². The molecule has 0 radical (unpaired) electrons. The average molecular weight is 498 g/mol. The van der Waals surface area contributed by atoms with E-state index >= 15 is 0 Å². The lowest BCUT2D eigenvalue weighted by atomic mass is 9.95. The molecule has 2 aromatic carbocycles. The van der Waals surface area contributed by atoms with E-state index in [0.717, 1.165) is 35.5 Å². The Morgan fingerprint density at radius 2 is 1.81 bits per heavy atom. The largest absolute Gasteiger partial charge is 0.494 e. The van der Waals surface area contributed by atoms with Gasteiger partial charge in [-0.1, -0.05) is 29.8 Å². The predicted molar refractivity (Wildman–Crippen MR) is 145 cm³/mol. The molecule has 1 atom stereocenters. The molecule has 3 heterocycles. The van der Waals surface area contributed by atoms with Gasteiger partial charge < -0.3 is 19.5 Å². The lowest BCUT2D eigenvalue weighted by Crippen LogP contribution is -2.38. The number of anilines is 1. The molecule has 6 heteroatoms. The zero-order chi connectivity index (χ0) is 24.6.